The topological polar surface area (TPSA) is 67.9 Å². The number of aromatic amines is 1. The van der Waals surface area contributed by atoms with Crippen LogP contribution >= 0.6 is 15.9 Å². The normalized spacial score (nSPS) is 10.4. The number of carbonyl (C=O) groups is 1. The Morgan fingerprint density at radius 2 is 2.18 bits per heavy atom. The van der Waals surface area contributed by atoms with Crippen LogP contribution in [0.2, 0.25) is 0 Å². The van der Waals surface area contributed by atoms with Gasteiger partial charge in [0.25, 0.3) is 0 Å². The summed E-state index contributed by atoms with van der Waals surface area (Å²) in [6.45, 7) is 3.64. The van der Waals surface area contributed by atoms with E-state index in [9.17, 15) is 4.79 Å². The van der Waals surface area contributed by atoms with Gasteiger partial charge in [-0.25, -0.2) is 4.79 Å². The van der Waals surface area contributed by atoms with E-state index in [-0.39, 0.29) is 0 Å². The van der Waals surface area contributed by atoms with Crippen LogP contribution in [0.15, 0.2) is 29.3 Å². The van der Waals surface area contributed by atoms with Gasteiger partial charge in [-0.15, -0.1) is 0 Å². The van der Waals surface area contributed by atoms with E-state index in [1.54, 1.807) is 0 Å². The molecule has 0 bridgehead atoms. The SMILES string of the molecule is C=CC(=O)OCCc1cc2n[nH]nc2cc1Br. The first-order valence-corrected chi connectivity index (χ1v) is 5.78. The number of benzene rings is 1. The van der Waals surface area contributed by atoms with Gasteiger partial charge in [0.15, 0.2) is 0 Å². The summed E-state index contributed by atoms with van der Waals surface area (Å²) in [6, 6.07) is 3.79. The Balaban J connectivity index is 2.09. The van der Waals surface area contributed by atoms with Crippen LogP contribution in [0, 0.1) is 0 Å². The van der Waals surface area contributed by atoms with Crippen molar-refractivity contribution >= 4 is 32.9 Å². The standard InChI is InChI=1S/C11H10BrN3O2/c1-2-11(16)17-4-3-7-5-9-10(6-8(7)12)14-15-13-9/h2,5-6H,1,3-4H2,(H,13,14,15). The second-order valence-corrected chi connectivity index (χ2v) is 4.23. The molecule has 6 heteroatoms. The summed E-state index contributed by atoms with van der Waals surface area (Å²) < 4.78 is 5.85. The minimum atomic E-state index is -0.413. The predicted molar refractivity (Wildman–Crippen MR) is 66.4 cm³/mol. The molecular formula is C11H10BrN3O2. The van der Waals surface area contributed by atoms with Crippen molar-refractivity contribution < 1.29 is 9.53 Å². The Morgan fingerprint density at radius 1 is 1.47 bits per heavy atom. The summed E-state index contributed by atoms with van der Waals surface area (Å²) >= 11 is 3.44. The average molecular weight is 296 g/mol. The van der Waals surface area contributed by atoms with Crippen molar-refractivity contribution in [1.82, 2.24) is 15.4 Å². The number of fused-ring (bicyclic) bond motifs is 1. The molecule has 0 saturated heterocycles. The number of halogens is 1. The summed E-state index contributed by atoms with van der Waals surface area (Å²) in [7, 11) is 0. The molecule has 1 heterocycles. The number of aromatic nitrogens is 3. The van der Waals surface area contributed by atoms with Crippen molar-refractivity contribution in [1.29, 1.82) is 0 Å². The largest absolute Gasteiger partial charge is 0.462 e. The zero-order valence-electron chi connectivity index (χ0n) is 8.94. The summed E-state index contributed by atoms with van der Waals surface area (Å²) in [5.41, 5.74) is 2.60. The highest BCUT2D eigenvalue weighted by Gasteiger charge is 2.06. The van der Waals surface area contributed by atoms with Crippen LogP contribution in [0.4, 0.5) is 0 Å². The molecule has 2 rings (SSSR count). The molecule has 1 N–H and O–H groups in total. The van der Waals surface area contributed by atoms with Crippen molar-refractivity contribution in [2.75, 3.05) is 6.61 Å². The third-order valence-electron chi connectivity index (χ3n) is 2.27. The van der Waals surface area contributed by atoms with Crippen molar-refractivity contribution in [2.45, 2.75) is 6.42 Å². The molecule has 1 aromatic carbocycles. The number of carbonyl (C=O) groups excluding carboxylic acids is 1. The van der Waals surface area contributed by atoms with Crippen molar-refractivity contribution in [3.05, 3.63) is 34.8 Å². The van der Waals surface area contributed by atoms with Gasteiger partial charge in [0, 0.05) is 17.0 Å². The van der Waals surface area contributed by atoms with E-state index < -0.39 is 5.97 Å². The van der Waals surface area contributed by atoms with E-state index in [2.05, 4.69) is 37.9 Å². The highest BCUT2D eigenvalue weighted by molar-refractivity contribution is 9.10. The molecule has 0 amide bonds. The van der Waals surface area contributed by atoms with Gasteiger partial charge in [0.2, 0.25) is 0 Å². The Morgan fingerprint density at radius 3 is 2.88 bits per heavy atom. The van der Waals surface area contributed by atoms with Gasteiger partial charge < -0.3 is 4.74 Å². The number of ether oxygens (including phenoxy) is 1. The van der Waals surface area contributed by atoms with Gasteiger partial charge in [0.1, 0.15) is 11.0 Å². The molecule has 0 aliphatic heterocycles. The van der Waals surface area contributed by atoms with Crippen molar-refractivity contribution in [2.24, 2.45) is 0 Å². The molecule has 1 aromatic heterocycles. The van der Waals surface area contributed by atoms with Crippen LogP contribution in [0.3, 0.4) is 0 Å². The molecule has 0 atom stereocenters. The van der Waals surface area contributed by atoms with Crippen molar-refractivity contribution in [3.8, 4) is 0 Å². The molecule has 0 unspecified atom stereocenters. The molecule has 0 radical (unpaired) electrons. The third-order valence-corrected chi connectivity index (χ3v) is 3.01. The maximum atomic E-state index is 10.9. The number of rotatable bonds is 4. The lowest BCUT2D eigenvalue weighted by molar-refractivity contribution is -0.137. The summed E-state index contributed by atoms with van der Waals surface area (Å²) in [5, 5.41) is 10.5. The molecule has 5 nitrogen and oxygen atoms in total. The van der Waals surface area contributed by atoms with Crippen LogP contribution in [-0.4, -0.2) is 28.0 Å². The van der Waals surface area contributed by atoms with Crippen molar-refractivity contribution in [3.63, 3.8) is 0 Å². The number of hydrogen-bond donors (Lipinski definition) is 1. The van der Waals surface area contributed by atoms with Crippen LogP contribution < -0.4 is 0 Å². The van der Waals surface area contributed by atoms with Crippen LogP contribution in [-0.2, 0) is 16.0 Å². The fourth-order valence-electron chi connectivity index (χ4n) is 1.42. The highest BCUT2D eigenvalue weighted by atomic mass is 79.9. The van der Waals surface area contributed by atoms with E-state index in [1.165, 1.54) is 0 Å². The third kappa shape index (κ3) is 2.71. The van der Waals surface area contributed by atoms with Gasteiger partial charge in [-0.1, -0.05) is 22.5 Å². The summed E-state index contributed by atoms with van der Waals surface area (Å²) in [4.78, 5) is 10.9. The molecule has 0 aliphatic rings. The first kappa shape index (κ1) is 11.8. The van der Waals surface area contributed by atoms with Gasteiger partial charge >= 0.3 is 5.97 Å². The van der Waals surface area contributed by atoms with Crippen LogP contribution in [0.25, 0.3) is 11.0 Å². The first-order chi connectivity index (χ1) is 8.20. The summed E-state index contributed by atoms with van der Waals surface area (Å²) in [6.07, 6.45) is 1.76. The molecule has 0 saturated carbocycles. The molecular weight excluding hydrogens is 286 g/mol. The smallest absolute Gasteiger partial charge is 0.330 e. The van der Waals surface area contributed by atoms with Crippen LogP contribution in [0.5, 0.6) is 0 Å². The van der Waals surface area contributed by atoms with Gasteiger partial charge in [-0.2, -0.15) is 15.4 Å². The molecule has 2 aromatic rings. The second-order valence-electron chi connectivity index (χ2n) is 3.38. The van der Waals surface area contributed by atoms with Gasteiger partial charge in [0.05, 0.1) is 6.61 Å². The zero-order valence-corrected chi connectivity index (χ0v) is 10.5. The second kappa shape index (κ2) is 5.09. The lowest BCUT2D eigenvalue weighted by Gasteiger charge is -2.04. The number of H-pyrrole nitrogens is 1. The quantitative estimate of drug-likeness (QED) is 0.692. The number of hydrogen-bond acceptors (Lipinski definition) is 4. The first-order valence-electron chi connectivity index (χ1n) is 4.99. The zero-order chi connectivity index (χ0) is 12.3. The maximum Gasteiger partial charge on any atom is 0.330 e. The molecule has 88 valence electrons. The fourth-order valence-corrected chi connectivity index (χ4v) is 1.95. The van der Waals surface area contributed by atoms with Gasteiger partial charge in [-0.05, 0) is 17.7 Å². The minimum Gasteiger partial charge on any atom is -0.462 e. The Hall–Kier alpha value is -1.69. The molecule has 0 spiro atoms. The number of esters is 1. The number of nitrogens with zero attached hydrogens (tertiary/aromatic N) is 2. The monoisotopic (exact) mass is 295 g/mol. The van der Waals surface area contributed by atoms with Crippen LogP contribution in [0.1, 0.15) is 5.56 Å². The van der Waals surface area contributed by atoms with E-state index in [1.807, 2.05) is 12.1 Å². The molecule has 0 fully saturated rings. The Kier molecular flexibility index (Phi) is 3.53. The lowest BCUT2D eigenvalue weighted by Crippen LogP contribution is -2.04. The lowest BCUT2D eigenvalue weighted by atomic mass is 10.1. The maximum absolute atomic E-state index is 10.9. The Bertz CT molecular complexity index is 565. The van der Waals surface area contributed by atoms with E-state index in [4.69, 9.17) is 4.74 Å². The highest BCUT2D eigenvalue weighted by Crippen LogP contribution is 2.22. The predicted octanol–water partition coefficient (Wildman–Crippen LogP) is 1.99. The number of nitrogens with one attached hydrogen (secondary N) is 1. The van der Waals surface area contributed by atoms with Gasteiger partial charge in [-0.3, -0.25) is 0 Å². The van der Waals surface area contributed by atoms with E-state index in [0.717, 1.165) is 27.1 Å². The fraction of sp³-hybridized carbons (Fsp3) is 0.182. The van der Waals surface area contributed by atoms with E-state index in [0.29, 0.717) is 13.0 Å². The molecule has 0 aliphatic carbocycles. The molecule has 17 heavy (non-hydrogen) atoms. The average Bonchev–Trinajstić information content (AvgIpc) is 2.76. The Labute approximate surface area is 106 Å². The van der Waals surface area contributed by atoms with E-state index >= 15 is 0 Å². The minimum absolute atomic E-state index is 0.312. The summed E-state index contributed by atoms with van der Waals surface area (Å²) in [5.74, 6) is -0.413.